The van der Waals surface area contributed by atoms with Gasteiger partial charge >= 0.3 is 0 Å². The molecular weight excluding hydrogens is 737 g/mol. The van der Waals surface area contributed by atoms with Gasteiger partial charge in [0.15, 0.2) is 23.0 Å². The molecule has 0 fully saturated rings. The van der Waals surface area contributed by atoms with Gasteiger partial charge in [-0.05, 0) is 84.9 Å². The van der Waals surface area contributed by atoms with E-state index < -0.39 is 0 Å². The Morgan fingerprint density at radius 2 is 0.683 bits per heavy atom. The van der Waals surface area contributed by atoms with E-state index in [9.17, 15) is 0 Å². The standard InChI is InChI=1S/C54H34N4O2/c1-7-19-37(20-8-1)55(38-21-9-2-10-22-38)43-31-46-47-32-44(56(39-23-11-3-12-24-39)40-25-13-4-14-26-40)34-49-53(47)58-52(46)48(33-43)59-50-35-45(36-51(60-49)54(50)58)57(41-27-15-5-16-28-41)42-29-17-6-18-30-42/h1-5,7-17,19-36H. The molecule has 0 unspecified atom stereocenters. The number of para-hydroxylation sites is 5. The number of anilines is 9. The fourth-order valence-electron chi connectivity index (χ4n) is 8.82. The quantitative estimate of drug-likeness (QED) is 0.146. The molecule has 6 nitrogen and oxygen atoms in total. The summed E-state index contributed by atoms with van der Waals surface area (Å²) in [6.07, 6.45) is 0. The van der Waals surface area contributed by atoms with Crippen molar-refractivity contribution in [2.45, 2.75) is 0 Å². The fraction of sp³-hybridized carbons (Fsp3) is 0. The molecule has 0 atom stereocenters. The van der Waals surface area contributed by atoms with Gasteiger partial charge in [-0.3, -0.25) is 4.57 Å². The van der Waals surface area contributed by atoms with E-state index in [1.54, 1.807) is 0 Å². The number of nitrogens with zero attached hydrogens (tertiary/aromatic N) is 4. The zero-order valence-corrected chi connectivity index (χ0v) is 32.2. The molecule has 10 aromatic rings. The maximum absolute atomic E-state index is 7.15. The average molecular weight is 771 g/mol. The van der Waals surface area contributed by atoms with E-state index in [0.717, 1.165) is 90.2 Å². The minimum atomic E-state index is 0.703. The topological polar surface area (TPSA) is 33.1 Å². The van der Waals surface area contributed by atoms with Crippen molar-refractivity contribution in [1.82, 2.24) is 4.57 Å². The Balaban J connectivity index is 1.15. The molecule has 0 spiro atoms. The minimum absolute atomic E-state index is 0.703. The van der Waals surface area contributed by atoms with E-state index in [0.29, 0.717) is 11.5 Å². The largest absolute Gasteiger partial charge is 0.453 e. The van der Waals surface area contributed by atoms with Crippen molar-refractivity contribution >= 4 is 73.0 Å². The highest BCUT2D eigenvalue weighted by Crippen LogP contribution is 2.58. The van der Waals surface area contributed by atoms with E-state index in [1.807, 2.05) is 24.3 Å². The number of rotatable bonds is 9. The summed E-state index contributed by atoms with van der Waals surface area (Å²) in [5.41, 5.74) is 11.8. The lowest BCUT2D eigenvalue weighted by Gasteiger charge is -2.32. The molecule has 0 bridgehead atoms. The summed E-state index contributed by atoms with van der Waals surface area (Å²) < 4.78 is 16.7. The summed E-state index contributed by atoms with van der Waals surface area (Å²) in [5, 5.41) is 2.12. The van der Waals surface area contributed by atoms with Crippen molar-refractivity contribution in [3.63, 3.8) is 0 Å². The minimum Gasteiger partial charge on any atom is -0.453 e. The number of aromatic nitrogens is 1. The second-order valence-electron chi connectivity index (χ2n) is 14.9. The van der Waals surface area contributed by atoms with Crippen LogP contribution >= 0.6 is 0 Å². The Bertz CT molecular complexity index is 2900. The van der Waals surface area contributed by atoms with E-state index in [2.05, 4.69) is 213 Å². The molecule has 9 aromatic carbocycles. The zero-order chi connectivity index (χ0) is 39.6. The van der Waals surface area contributed by atoms with E-state index in [-0.39, 0.29) is 0 Å². The van der Waals surface area contributed by atoms with Crippen LogP contribution in [0.3, 0.4) is 0 Å². The first-order valence-corrected chi connectivity index (χ1v) is 20.0. The SMILES string of the molecule is c1ccc(N(c2ccccc2)c2cc3c4c(c2)Oc2cc(N(c5ccccc5)c5ccccc5)cc5c6cc(N(c7ccccc7)c7ccccc7)cc(c6n-4c25)O3)cc#1. The van der Waals surface area contributed by atoms with Gasteiger partial charge in [0.25, 0.3) is 0 Å². The molecule has 0 saturated carbocycles. The van der Waals surface area contributed by atoms with Crippen molar-refractivity contribution in [2.24, 2.45) is 0 Å². The smallest absolute Gasteiger partial charge is 0.157 e. The molecule has 0 saturated heterocycles. The zero-order valence-electron chi connectivity index (χ0n) is 32.2. The summed E-state index contributed by atoms with van der Waals surface area (Å²) in [4.78, 5) is 6.79. The van der Waals surface area contributed by atoms with Gasteiger partial charge in [0.2, 0.25) is 0 Å². The van der Waals surface area contributed by atoms with Crippen LogP contribution in [0.4, 0.5) is 51.2 Å². The van der Waals surface area contributed by atoms with Gasteiger partial charge in [-0.1, -0.05) is 103 Å². The highest BCUT2D eigenvalue weighted by atomic mass is 16.5. The number of ether oxygens (including phenoxy) is 2. The Labute approximate surface area is 347 Å². The Kier molecular flexibility index (Phi) is 7.65. The Morgan fingerprint density at radius 3 is 1.05 bits per heavy atom. The van der Waals surface area contributed by atoms with Gasteiger partial charge in [-0.2, -0.15) is 0 Å². The number of benzene rings is 8. The van der Waals surface area contributed by atoms with Crippen LogP contribution in [0.15, 0.2) is 206 Å². The Hall–Kier alpha value is -8.40. The molecule has 12 rings (SSSR count). The molecule has 2 aliphatic heterocycles. The molecule has 60 heavy (non-hydrogen) atoms. The van der Waals surface area contributed by atoms with Crippen LogP contribution in [0.2, 0.25) is 0 Å². The molecule has 3 heterocycles. The van der Waals surface area contributed by atoms with Crippen molar-refractivity contribution in [3.8, 4) is 28.7 Å². The van der Waals surface area contributed by atoms with Crippen molar-refractivity contribution < 1.29 is 9.47 Å². The fourth-order valence-corrected chi connectivity index (χ4v) is 8.82. The Morgan fingerprint density at radius 1 is 0.333 bits per heavy atom. The lowest BCUT2D eigenvalue weighted by molar-refractivity contribution is 0.444. The third-order valence-electron chi connectivity index (χ3n) is 11.3. The van der Waals surface area contributed by atoms with Crippen molar-refractivity contribution in [2.75, 3.05) is 14.7 Å². The van der Waals surface area contributed by atoms with E-state index in [4.69, 9.17) is 9.47 Å². The molecule has 1 aromatic heterocycles. The number of hydrogen-bond acceptors (Lipinski definition) is 5. The van der Waals surface area contributed by atoms with Crippen LogP contribution in [0.25, 0.3) is 27.5 Å². The lowest BCUT2D eigenvalue weighted by Crippen LogP contribution is -2.15. The van der Waals surface area contributed by atoms with Crippen LogP contribution < -0.4 is 24.2 Å². The third-order valence-corrected chi connectivity index (χ3v) is 11.3. The summed E-state index contributed by atoms with van der Waals surface area (Å²) >= 11 is 0. The van der Waals surface area contributed by atoms with Gasteiger partial charge < -0.3 is 24.2 Å². The normalized spacial score (nSPS) is 11.8. The van der Waals surface area contributed by atoms with Gasteiger partial charge in [-0.15, -0.1) is 0 Å². The maximum Gasteiger partial charge on any atom is 0.157 e. The third kappa shape index (κ3) is 5.38. The molecule has 0 aliphatic carbocycles. The first-order chi connectivity index (χ1) is 29.8. The molecule has 0 radical (unpaired) electrons. The monoisotopic (exact) mass is 770 g/mol. The summed E-state index contributed by atoms with van der Waals surface area (Å²) in [5.74, 6) is 2.93. The molecule has 0 N–H and O–H groups in total. The highest BCUT2D eigenvalue weighted by molar-refractivity contribution is 6.17. The summed E-state index contributed by atoms with van der Waals surface area (Å²) in [6.45, 7) is 0. The molecule has 282 valence electrons. The maximum atomic E-state index is 7.15. The van der Waals surface area contributed by atoms with Crippen LogP contribution in [-0.4, -0.2) is 4.57 Å². The van der Waals surface area contributed by atoms with Crippen LogP contribution in [0, 0.1) is 12.1 Å². The second-order valence-corrected chi connectivity index (χ2v) is 14.9. The summed E-state index contributed by atoms with van der Waals surface area (Å²) in [6, 6.07) is 77.7. The van der Waals surface area contributed by atoms with Gasteiger partial charge in [0.1, 0.15) is 5.69 Å². The van der Waals surface area contributed by atoms with Gasteiger partial charge in [-0.25, -0.2) is 0 Å². The van der Waals surface area contributed by atoms with Crippen LogP contribution in [-0.2, 0) is 0 Å². The first kappa shape index (κ1) is 33.7. The van der Waals surface area contributed by atoms with Crippen molar-refractivity contribution in [3.05, 3.63) is 218 Å². The van der Waals surface area contributed by atoms with Crippen LogP contribution in [0.5, 0.6) is 23.0 Å². The number of hydrogen-bond donors (Lipinski definition) is 0. The molecule has 2 aliphatic rings. The highest BCUT2D eigenvalue weighted by Gasteiger charge is 2.35. The van der Waals surface area contributed by atoms with Gasteiger partial charge in [0, 0.05) is 69.5 Å². The first-order valence-electron chi connectivity index (χ1n) is 20.0. The molecule has 6 heteroatoms. The molecule has 0 amide bonds. The summed E-state index contributed by atoms with van der Waals surface area (Å²) in [7, 11) is 0. The van der Waals surface area contributed by atoms with E-state index in [1.165, 1.54) is 0 Å². The van der Waals surface area contributed by atoms with Crippen molar-refractivity contribution in [1.29, 1.82) is 0 Å². The second kappa shape index (κ2) is 13.6. The molecular formula is C54H34N4O2. The number of fused-ring (bicyclic) bond motifs is 1. The lowest BCUT2D eigenvalue weighted by atomic mass is 10.1. The van der Waals surface area contributed by atoms with E-state index >= 15 is 0 Å². The predicted octanol–water partition coefficient (Wildman–Crippen LogP) is 15.0. The van der Waals surface area contributed by atoms with Gasteiger partial charge in [0.05, 0.1) is 33.8 Å². The van der Waals surface area contributed by atoms with Crippen LogP contribution in [0.1, 0.15) is 0 Å². The average Bonchev–Trinajstić information content (AvgIpc) is 3.64. The predicted molar refractivity (Wildman–Crippen MR) is 243 cm³/mol.